The molecule has 0 N–H and O–H groups in total. The topological polar surface area (TPSA) is 88.0 Å². The van der Waals surface area contributed by atoms with Crippen molar-refractivity contribution >= 4 is 23.4 Å². The van der Waals surface area contributed by atoms with E-state index in [1.165, 1.54) is 61.0 Å². The molecule has 3 rings (SSSR count). The fourth-order valence-electron chi connectivity index (χ4n) is 4.57. The normalized spacial score (nSPS) is 16.0. The van der Waals surface area contributed by atoms with E-state index in [1.807, 2.05) is 25.1 Å². The molecule has 39 heavy (non-hydrogen) atoms. The van der Waals surface area contributed by atoms with Crippen LogP contribution >= 0.6 is 0 Å². The maximum Gasteiger partial charge on any atom is 0.416 e. The number of hydrogen-bond donors (Lipinski definition) is 0. The van der Waals surface area contributed by atoms with E-state index in [2.05, 4.69) is 0 Å². The van der Waals surface area contributed by atoms with Crippen molar-refractivity contribution in [1.29, 1.82) is 5.26 Å². The number of alkyl halides is 3. The van der Waals surface area contributed by atoms with Gasteiger partial charge in [0, 0.05) is 44.0 Å². The number of halogens is 3. The second-order valence-electron chi connectivity index (χ2n) is 9.68. The summed E-state index contributed by atoms with van der Waals surface area (Å²) < 4.78 is 40.2. The minimum Gasteiger partial charge on any atom is -0.340 e. The molecular weight excluding hydrogens is 511 g/mol. The summed E-state index contributed by atoms with van der Waals surface area (Å²) in [5.41, 5.74) is 0.0247. The van der Waals surface area contributed by atoms with Gasteiger partial charge in [-0.2, -0.15) is 18.4 Å². The first kappa shape index (κ1) is 29.4. The van der Waals surface area contributed by atoms with Crippen LogP contribution in [0.4, 0.5) is 23.7 Å². The second-order valence-corrected chi connectivity index (χ2v) is 9.68. The Kier molecular flexibility index (Phi) is 8.51. The van der Waals surface area contributed by atoms with Crippen molar-refractivity contribution in [3.05, 3.63) is 76.0 Å². The molecule has 0 spiro atoms. The number of benzene rings is 2. The molecule has 0 bridgehead atoms. The average Bonchev–Trinajstić information content (AvgIpc) is 2.88. The van der Waals surface area contributed by atoms with Gasteiger partial charge in [-0.15, -0.1) is 0 Å². The monoisotopic (exact) mass is 541 g/mol. The standard InChI is InChI=1S/C28H30F3N5O3/c1-17-24(18(2)37)25(35(6)27(39)36(17)21-9-7-8-20(15-21)28(29,30)31)22-11-10-19(16-32)14-23(22)26(38)34(5)13-12-33(3)4/h7-11,14-15,25H,12-13H2,1-6H3. The van der Waals surface area contributed by atoms with Crippen molar-refractivity contribution in [2.75, 3.05) is 46.2 Å². The molecule has 8 nitrogen and oxygen atoms in total. The molecule has 0 fully saturated rings. The summed E-state index contributed by atoms with van der Waals surface area (Å²) in [6.45, 7) is 3.76. The van der Waals surface area contributed by atoms with Crippen LogP contribution in [0, 0.1) is 11.3 Å². The van der Waals surface area contributed by atoms with Crippen molar-refractivity contribution < 1.29 is 27.6 Å². The number of amides is 3. The number of nitriles is 1. The number of likely N-dealkylation sites (N-methyl/N-ethyl adjacent to an activating group) is 3. The van der Waals surface area contributed by atoms with E-state index >= 15 is 0 Å². The lowest BCUT2D eigenvalue weighted by Crippen LogP contribution is -2.49. The quantitative estimate of drug-likeness (QED) is 0.508. The lowest BCUT2D eigenvalue weighted by molar-refractivity contribution is -0.137. The summed E-state index contributed by atoms with van der Waals surface area (Å²) in [4.78, 5) is 45.9. The van der Waals surface area contributed by atoms with Crippen LogP contribution in [-0.4, -0.2) is 73.7 Å². The van der Waals surface area contributed by atoms with E-state index in [0.717, 1.165) is 17.0 Å². The molecule has 0 aliphatic carbocycles. The summed E-state index contributed by atoms with van der Waals surface area (Å²) in [7, 11) is 6.77. The van der Waals surface area contributed by atoms with Crippen molar-refractivity contribution in [2.45, 2.75) is 26.1 Å². The molecule has 1 aliphatic heterocycles. The highest BCUT2D eigenvalue weighted by molar-refractivity contribution is 6.06. The van der Waals surface area contributed by atoms with Gasteiger partial charge in [-0.25, -0.2) is 4.79 Å². The van der Waals surface area contributed by atoms with Crippen molar-refractivity contribution in [3.63, 3.8) is 0 Å². The van der Waals surface area contributed by atoms with Crippen molar-refractivity contribution in [2.24, 2.45) is 0 Å². The molecule has 206 valence electrons. The molecule has 3 amide bonds. The molecule has 1 atom stereocenters. The van der Waals surface area contributed by atoms with Gasteiger partial charge in [-0.3, -0.25) is 14.5 Å². The molecule has 2 aromatic rings. The van der Waals surface area contributed by atoms with E-state index in [1.54, 1.807) is 7.05 Å². The van der Waals surface area contributed by atoms with Crippen LogP contribution in [0.1, 0.15) is 46.9 Å². The first-order chi connectivity index (χ1) is 18.2. The predicted octanol–water partition coefficient (Wildman–Crippen LogP) is 4.69. The summed E-state index contributed by atoms with van der Waals surface area (Å²) in [6, 6.07) is 9.09. The van der Waals surface area contributed by atoms with Gasteiger partial charge in [0.2, 0.25) is 0 Å². The number of carbonyl (C=O) groups is 3. The molecule has 0 saturated carbocycles. The largest absolute Gasteiger partial charge is 0.416 e. The number of carbonyl (C=O) groups excluding carboxylic acids is 3. The van der Waals surface area contributed by atoms with E-state index in [0.29, 0.717) is 18.7 Å². The lowest BCUT2D eigenvalue weighted by Gasteiger charge is -2.42. The number of hydrogen-bond acceptors (Lipinski definition) is 5. The van der Waals surface area contributed by atoms with Gasteiger partial charge in [-0.05, 0) is 63.8 Å². The first-order valence-electron chi connectivity index (χ1n) is 12.1. The zero-order chi connectivity index (χ0) is 29.2. The molecule has 1 unspecified atom stereocenters. The third-order valence-electron chi connectivity index (χ3n) is 6.63. The van der Waals surface area contributed by atoms with Crippen molar-refractivity contribution in [1.82, 2.24) is 14.7 Å². The Morgan fingerprint density at radius 3 is 2.31 bits per heavy atom. The number of urea groups is 1. The van der Waals surface area contributed by atoms with E-state index in [4.69, 9.17) is 0 Å². The maximum atomic E-state index is 13.6. The van der Waals surface area contributed by atoms with E-state index in [9.17, 15) is 32.8 Å². The van der Waals surface area contributed by atoms with Gasteiger partial charge >= 0.3 is 12.2 Å². The number of Topliss-reactive ketones (excluding diaryl/α,β-unsaturated/α-hetero) is 1. The lowest BCUT2D eigenvalue weighted by atomic mass is 9.87. The number of allylic oxidation sites excluding steroid dienone is 1. The van der Waals surface area contributed by atoms with Crippen molar-refractivity contribution in [3.8, 4) is 6.07 Å². The van der Waals surface area contributed by atoms with E-state index in [-0.39, 0.29) is 28.1 Å². The smallest absolute Gasteiger partial charge is 0.340 e. The second kappa shape index (κ2) is 11.3. The van der Waals surface area contributed by atoms with Gasteiger partial charge < -0.3 is 14.7 Å². The Morgan fingerprint density at radius 1 is 1.08 bits per heavy atom. The van der Waals surface area contributed by atoms with Crippen LogP contribution in [0.15, 0.2) is 53.7 Å². The maximum absolute atomic E-state index is 13.6. The van der Waals surface area contributed by atoms with Crippen LogP contribution in [0.2, 0.25) is 0 Å². The Morgan fingerprint density at radius 2 is 1.74 bits per heavy atom. The number of ketones is 1. The molecule has 2 aromatic carbocycles. The van der Waals surface area contributed by atoms with Crippen LogP contribution in [-0.2, 0) is 11.0 Å². The van der Waals surface area contributed by atoms with Gasteiger partial charge in [0.15, 0.2) is 5.78 Å². The highest BCUT2D eigenvalue weighted by Crippen LogP contribution is 2.41. The predicted molar refractivity (Wildman–Crippen MR) is 140 cm³/mol. The molecule has 11 heteroatoms. The highest BCUT2D eigenvalue weighted by atomic mass is 19.4. The van der Waals surface area contributed by atoms with Crippen LogP contribution < -0.4 is 4.90 Å². The summed E-state index contributed by atoms with van der Waals surface area (Å²) in [5.74, 6) is -0.816. The number of nitrogens with zero attached hydrogens (tertiary/aromatic N) is 5. The highest BCUT2D eigenvalue weighted by Gasteiger charge is 2.41. The molecule has 0 aromatic heterocycles. The zero-order valence-corrected chi connectivity index (χ0v) is 22.6. The van der Waals surface area contributed by atoms with Crippen LogP contribution in [0.25, 0.3) is 0 Å². The average molecular weight is 542 g/mol. The first-order valence-corrected chi connectivity index (χ1v) is 12.1. The Balaban J connectivity index is 2.21. The molecule has 1 heterocycles. The van der Waals surface area contributed by atoms with Gasteiger partial charge in [0.25, 0.3) is 5.91 Å². The van der Waals surface area contributed by atoms with Gasteiger partial charge in [-0.1, -0.05) is 12.1 Å². The third-order valence-corrected chi connectivity index (χ3v) is 6.63. The van der Waals surface area contributed by atoms with Gasteiger partial charge in [0.05, 0.1) is 28.9 Å². The SMILES string of the molecule is CC(=O)C1=C(C)N(c2cccc(C(F)(F)F)c2)C(=O)N(C)C1c1ccc(C#N)cc1C(=O)N(C)CCN(C)C. The zero-order valence-electron chi connectivity index (χ0n) is 22.6. The molecular formula is C28H30F3N5O3. The minimum absolute atomic E-state index is 0.0454. The molecule has 1 aliphatic rings. The van der Waals surface area contributed by atoms with E-state index < -0.39 is 35.5 Å². The Bertz CT molecular complexity index is 1380. The summed E-state index contributed by atoms with van der Waals surface area (Å²) >= 11 is 0. The molecule has 0 saturated heterocycles. The fourth-order valence-corrected chi connectivity index (χ4v) is 4.57. The third kappa shape index (κ3) is 5.96. The van der Waals surface area contributed by atoms with Crippen LogP contribution in [0.5, 0.6) is 0 Å². The van der Waals surface area contributed by atoms with Gasteiger partial charge in [0.1, 0.15) is 0 Å². The number of rotatable bonds is 7. The Labute approximate surface area is 225 Å². The fraction of sp³-hybridized carbons (Fsp3) is 0.357. The summed E-state index contributed by atoms with van der Waals surface area (Å²) in [6.07, 6.45) is -4.62. The number of anilines is 1. The Hall–Kier alpha value is -4.17. The summed E-state index contributed by atoms with van der Waals surface area (Å²) in [5, 5.41) is 9.48. The van der Waals surface area contributed by atoms with Crippen LogP contribution in [0.3, 0.4) is 0 Å². The molecule has 0 radical (unpaired) electrons. The minimum atomic E-state index is -4.62.